The quantitative estimate of drug-likeness (QED) is 0.815. The highest BCUT2D eigenvalue weighted by molar-refractivity contribution is 5.41. The van der Waals surface area contributed by atoms with Gasteiger partial charge in [-0.2, -0.15) is 4.98 Å². The molecule has 0 aliphatic heterocycles. The van der Waals surface area contributed by atoms with Crippen LogP contribution in [0.25, 0.3) is 0 Å². The fraction of sp³-hybridized carbons (Fsp3) is 0.429. The lowest BCUT2D eigenvalue weighted by molar-refractivity contribution is 0.496. The average Bonchev–Trinajstić information content (AvgIpc) is 2.92. The van der Waals surface area contributed by atoms with Crippen molar-refractivity contribution in [2.75, 3.05) is 17.2 Å². The smallest absolute Gasteiger partial charge is 0.224 e. The van der Waals surface area contributed by atoms with E-state index in [9.17, 15) is 4.39 Å². The van der Waals surface area contributed by atoms with Crippen LogP contribution in [0.15, 0.2) is 29.0 Å². The second kappa shape index (κ2) is 6.88. The highest BCUT2D eigenvalue weighted by Gasteiger charge is 2.11. The van der Waals surface area contributed by atoms with Crippen LogP contribution in [0, 0.1) is 5.82 Å². The minimum Gasteiger partial charge on any atom is -0.469 e. The summed E-state index contributed by atoms with van der Waals surface area (Å²) in [6, 6.07) is 3.73. The molecule has 0 spiro atoms. The fourth-order valence-corrected chi connectivity index (χ4v) is 1.81. The number of anilines is 2. The lowest BCUT2D eigenvalue weighted by Gasteiger charge is -2.14. The van der Waals surface area contributed by atoms with E-state index in [1.165, 1.54) is 6.20 Å². The summed E-state index contributed by atoms with van der Waals surface area (Å²) in [5.41, 5.74) is 0. The minimum absolute atomic E-state index is 0.00424. The van der Waals surface area contributed by atoms with E-state index in [-0.39, 0.29) is 11.9 Å². The molecule has 0 amide bonds. The zero-order valence-electron chi connectivity index (χ0n) is 11.7. The summed E-state index contributed by atoms with van der Waals surface area (Å²) in [5, 5.41) is 6.07. The summed E-state index contributed by atoms with van der Waals surface area (Å²) < 4.78 is 19.0. The molecule has 2 rings (SSSR count). The van der Waals surface area contributed by atoms with E-state index in [4.69, 9.17) is 4.42 Å². The van der Waals surface area contributed by atoms with E-state index in [0.717, 1.165) is 18.7 Å². The molecular formula is C14H19FN4O. The normalized spacial score (nSPS) is 12.2. The maximum absolute atomic E-state index is 13.7. The molecule has 0 radical (unpaired) electrons. The van der Waals surface area contributed by atoms with Crippen LogP contribution in [0.2, 0.25) is 0 Å². The molecule has 6 heteroatoms. The molecule has 1 atom stereocenters. The van der Waals surface area contributed by atoms with Crippen LogP contribution in [-0.2, 0) is 6.42 Å². The summed E-state index contributed by atoms with van der Waals surface area (Å²) in [6.45, 7) is 4.75. The maximum Gasteiger partial charge on any atom is 0.224 e. The van der Waals surface area contributed by atoms with E-state index >= 15 is 0 Å². The number of halogens is 1. The van der Waals surface area contributed by atoms with E-state index in [2.05, 4.69) is 20.6 Å². The first kappa shape index (κ1) is 14.3. The first-order valence-corrected chi connectivity index (χ1v) is 6.74. The van der Waals surface area contributed by atoms with Gasteiger partial charge in [0.2, 0.25) is 5.95 Å². The van der Waals surface area contributed by atoms with Gasteiger partial charge in [-0.1, -0.05) is 6.92 Å². The number of nitrogens with one attached hydrogen (secondary N) is 2. The Morgan fingerprint density at radius 2 is 2.30 bits per heavy atom. The van der Waals surface area contributed by atoms with Gasteiger partial charge in [-0.05, 0) is 25.5 Å². The highest BCUT2D eigenvalue weighted by Crippen LogP contribution is 2.15. The Labute approximate surface area is 117 Å². The minimum atomic E-state index is -0.460. The molecule has 1 unspecified atom stereocenters. The van der Waals surface area contributed by atoms with Crippen molar-refractivity contribution in [3.05, 3.63) is 36.2 Å². The summed E-state index contributed by atoms with van der Waals surface area (Å²) in [5.74, 6) is 1.03. The van der Waals surface area contributed by atoms with Gasteiger partial charge in [-0.25, -0.2) is 9.37 Å². The van der Waals surface area contributed by atoms with E-state index in [1.807, 2.05) is 26.0 Å². The molecule has 5 nitrogen and oxygen atoms in total. The molecule has 0 fully saturated rings. The van der Waals surface area contributed by atoms with Crippen molar-refractivity contribution in [1.29, 1.82) is 0 Å². The zero-order chi connectivity index (χ0) is 14.4. The summed E-state index contributed by atoms with van der Waals surface area (Å²) in [4.78, 5) is 8.04. The van der Waals surface area contributed by atoms with E-state index in [0.29, 0.717) is 12.4 Å². The molecule has 2 aromatic heterocycles. The Morgan fingerprint density at radius 1 is 1.45 bits per heavy atom. The highest BCUT2D eigenvalue weighted by atomic mass is 19.1. The second-order valence-electron chi connectivity index (χ2n) is 4.65. The first-order valence-electron chi connectivity index (χ1n) is 6.74. The van der Waals surface area contributed by atoms with Gasteiger partial charge in [0, 0.05) is 19.0 Å². The van der Waals surface area contributed by atoms with Crippen LogP contribution in [0.5, 0.6) is 0 Å². The Bertz CT molecular complexity index is 530. The van der Waals surface area contributed by atoms with Crippen molar-refractivity contribution in [1.82, 2.24) is 9.97 Å². The summed E-state index contributed by atoms with van der Waals surface area (Å²) in [7, 11) is 0. The van der Waals surface area contributed by atoms with Gasteiger partial charge in [0.05, 0.1) is 12.5 Å². The van der Waals surface area contributed by atoms with Gasteiger partial charge < -0.3 is 15.1 Å². The molecule has 20 heavy (non-hydrogen) atoms. The standard InChI is InChI=1S/C14H19FN4O/c1-3-6-16-14-17-9-12(15)13(19-14)18-10(2)8-11-5-4-7-20-11/h4-5,7,9-10H,3,6,8H2,1-2H3,(H2,16,17,18,19). The molecule has 2 heterocycles. The van der Waals surface area contributed by atoms with Crippen molar-refractivity contribution in [2.45, 2.75) is 32.7 Å². The topological polar surface area (TPSA) is 63.0 Å². The predicted molar refractivity (Wildman–Crippen MR) is 76.3 cm³/mol. The Hall–Kier alpha value is -2.11. The van der Waals surface area contributed by atoms with Gasteiger partial charge >= 0.3 is 0 Å². The molecule has 108 valence electrons. The first-order chi connectivity index (χ1) is 9.69. The van der Waals surface area contributed by atoms with Crippen molar-refractivity contribution in [3.8, 4) is 0 Å². The molecule has 0 aliphatic carbocycles. The fourth-order valence-electron chi connectivity index (χ4n) is 1.81. The van der Waals surface area contributed by atoms with Gasteiger partial charge in [0.1, 0.15) is 5.76 Å². The Balaban J connectivity index is 2.00. The lowest BCUT2D eigenvalue weighted by Crippen LogP contribution is -2.20. The molecule has 2 aromatic rings. The van der Waals surface area contributed by atoms with Crippen LogP contribution in [0.3, 0.4) is 0 Å². The number of rotatable bonds is 7. The van der Waals surface area contributed by atoms with Crippen molar-refractivity contribution >= 4 is 11.8 Å². The van der Waals surface area contributed by atoms with Gasteiger partial charge in [-0.3, -0.25) is 0 Å². The van der Waals surface area contributed by atoms with Crippen LogP contribution in [0.4, 0.5) is 16.2 Å². The van der Waals surface area contributed by atoms with Crippen molar-refractivity contribution in [2.24, 2.45) is 0 Å². The van der Waals surface area contributed by atoms with E-state index in [1.54, 1.807) is 6.26 Å². The number of nitrogens with zero attached hydrogens (tertiary/aromatic N) is 2. The number of aromatic nitrogens is 2. The van der Waals surface area contributed by atoms with Crippen molar-refractivity contribution < 1.29 is 8.81 Å². The van der Waals surface area contributed by atoms with Crippen LogP contribution >= 0.6 is 0 Å². The van der Waals surface area contributed by atoms with Crippen molar-refractivity contribution in [3.63, 3.8) is 0 Å². The molecule has 2 N–H and O–H groups in total. The largest absolute Gasteiger partial charge is 0.469 e. The van der Waals surface area contributed by atoms with Crippen LogP contribution in [-0.4, -0.2) is 22.6 Å². The average molecular weight is 278 g/mol. The van der Waals surface area contributed by atoms with Gasteiger partial charge in [-0.15, -0.1) is 0 Å². The van der Waals surface area contributed by atoms with Gasteiger partial charge in [0.15, 0.2) is 11.6 Å². The van der Waals surface area contributed by atoms with Crippen LogP contribution in [0.1, 0.15) is 26.0 Å². The molecule has 0 saturated carbocycles. The third-order valence-corrected chi connectivity index (χ3v) is 2.75. The molecule has 0 aromatic carbocycles. The molecular weight excluding hydrogens is 259 g/mol. The zero-order valence-corrected chi connectivity index (χ0v) is 11.7. The molecule has 0 saturated heterocycles. The van der Waals surface area contributed by atoms with Crippen LogP contribution < -0.4 is 10.6 Å². The van der Waals surface area contributed by atoms with Gasteiger partial charge in [0.25, 0.3) is 0 Å². The van der Waals surface area contributed by atoms with E-state index < -0.39 is 5.82 Å². The number of hydrogen-bond donors (Lipinski definition) is 2. The third kappa shape index (κ3) is 3.94. The Kier molecular flexibility index (Phi) is 4.92. The molecule has 0 bridgehead atoms. The Morgan fingerprint density at radius 3 is 3.00 bits per heavy atom. The third-order valence-electron chi connectivity index (χ3n) is 2.75. The predicted octanol–water partition coefficient (Wildman–Crippen LogP) is 3.07. The SMILES string of the molecule is CCCNc1ncc(F)c(NC(C)Cc2ccco2)n1. The monoisotopic (exact) mass is 278 g/mol. The molecule has 0 aliphatic rings. The summed E-state index contributed by atoms with van der Waals surface area (Å²) in [6.07, 6.45) is 4.42. The lowest BCUT2D eigenvalue weighted by atomic mass is 10.2. The maximum atomic E-state index is 13.7. The number of furan rings is 1. The summed E-state index contributed by atoms with van der Waals surface area (Å²) >= 11 is 0. The second-order valence-corrected chi connectivity index (χ2v) is 4.65. The number of hydrogen-bond acceptors (Lipinski definition) is 5.